The number of nitrogens with zero attached hydrogens (tertiary/aromatic N) is 1. The molecule has 0 amide bonds. The molecule has 3 unspecified atom stereocenters. The van der Waals surface area contributed by atoms with E-state index in [-0.39, 0.29) is 6.10 Å². The molecule has 0 spiro atoms. The van der Waals surface area contributed by atoms with Crippen molar-refractivity contribution in [2.75, 3.05) is 26.2 Å². The van der Waals surface area contributed by atoms with Crippen molar-refractivity contribution < 1.29 is 5.11 Å². The summed E-state index contributed by atoms with van der Waals surface area (Å²) in [6.07, 6.45) is 1.00. The maximum absolute atomic E-state index is 9.26. The minimum absolute atomic E-state index is 0.216. The van der Waals surface area contributed by atoms with Gasteiger partial charge in [-0.2, -0.15) is 0 Å². The van der Waals surface area contributed by atoms with Crippen LogP contribution in [0, 0.1) is 11.8 Å². The van der Waals surface area contributed by atoms with Gasteiger partial charge in [-0.1, -0.05) is 6.92 Å². The molecule has 1 rings (SSSR count). The zero-order valence-corrected chi connectivity index (χ0v) is 8.74. The second-order valence-electron chi connectivity index (χ2n) is 4.37. The molecule has 1 aliphatic rings. The highest BCUT2D eigenvalue weighted by Gasteiger charge is 2.25. The third-order valence-electron chi connectivity index (χ3n) is 3.02. The van der Waals surface area contributed by atoms with Gasteiger partial charge in [0.05, 0.1) is 6.10 Å². The highest BCUT2D eigenvalue weighted by molar-refractivity contribution is 4.79. The first-order valence-corrected chi connectivity index (χ1v) is 5.24. The van der Waals surface area contributed by atoms with Crippen LogP contribution in [-0.2, 0) is 0 Å². The lowest BCUT2D eigenvalue weighted by molar-refractivity contribution is 0.0763. The van der Waals surface area contributed by atoms with Crippen LogP contribution in [0.5, 0.6) is 0 Å². The van der Waals surface area contributed by atoms with Crippen LogP contribution in [0.2, 0.25) is 0 Å². The van der Waals surface area contributed by atoms with Gasteiger partial charge in [0.25, 0.3) is 0 Å². The Balaban J connectivity index is 2.36. The van der Waals surface area contributed by atoms with E-state index in [0.29, 0.717) is 5.92 Å². The molecule has 0 aliphatic carbocycles. The van der Waals surface area contributed by atoms with Crippen molar-refractivity contribution in [1.29, 1.82) is 0 Å². The fourth-order valence-electron chi connectivity index (χ4n) is 2.07. The van der Waals surface area contributed by atoms with E-state index in [1.165, 1.54) is 6.42 Å². The maximum atomic E-state index is 9.26. The van der Waals surface area contributed by atoms with E-state index in [9.17, 15) is 5.11 Å². The normalized spacial score (nSPS) is 33.2. The molecule has 1 fully saturated rings. The first-order chi connectivity index (χ1) is 6.13. The highest BCUT2D eigenvalue weighted by atomic mass is 16.3. The average Bonchev–Trinajstić information content (AvgIpc) is 2.07. The van der Waals surface area contributed by atoms with Crippen molar-refractivity contribution in [3.8, 4) is 0 Å². The Morgan fingerprint density at radius 1 is 1.62 bits per heavy atom. The van der Waals surface area contributed by atoms with E-state index < -0.39 is 0 Å². The Bertz CT molecular complexity index is 150. The van der Waals surface area contributed by atoms with Gasteiger partial charge in [-0.25, -0.2) is 0 Å². The molecule has 3 N–H and O–H groups in total. The van der Waals surface area contributed by atoms with Crippen LogP contribution >= 0.6 is 0 Å². The van der Waals surface area contributed by atoms with Gasteiger partial charge in [0.15, 0.2) is 0 Å². The number of nitrogens with two attached hydrogens (primary N) is 1. The van der Waals surface area contributed by atoms with Crippen LogP contribution in [-0.4, -0.2) is 42.3 Å². The van der Waals surface area contributed by atoms with Crippen LogP contribution in [0.3, 0.4) is 0 Å². The Kier molecular flexibility index (Phi) is 4.16. The van der Waals surface area contributed by atoms with Gasteiger partial charge in [-0.3, -0.25) is 0 Å². The zero-order valence-electron chi connectivity index (χ0n) is 8.74. The smallest absolute Gasteiger partial charge is 0.0639 e. The number of piperidine rings is 1. The predicted molar refractivity (Wildman–Crippen MR) is 54.4 cm³/mol. The molecule has 0 aromatic rings. The molecule has 0 aromatic carbocycles. The fourth-order valence-corrected chi connectivity index (χ4v) is 2.07. The lowest BCUT2D eigenvalue weighted by Crippen LogP contribution is -2.44. The molecule has 13 heavy (non-hydrogen) atoms. The van der Waals surface area contributed by atoms with E-state index in [2.05, 4.69) is 11.8 Å². The van der Waals surface area contributed by atoms with Crippen LogP contribution in [0.1, 0.15) is 20.3 Å². The molecule has 3 atom stereocenters. The topological polar surface area (TPSA) is 49.5 Å². The van der Waals surface area contributed by atoms with Crippen LogP contribution < -0.4 is 5.73 Å². The third kappa shape index (κ3) is 3.25. The predicted octanol–water partition coefficient (Wildman–Crippen LogP) is 0.284. The summed E-state index contributed by atoms with van der Waals surface area (Å²) in [6, 6.07) is 0. The number of hydrogen-bond donors (Lipinski definition) is 2. The summed E-state index contributed by atoms with van der Waals surface area (Å²) in [7, 11) is 0. The summed E-state index contributed by atoms with van der Waals surface area (Å²) >= 11 is 0. The van der Waals surface area contributed by atoms with Crippen LogP contribution in [0.15, 0.2) is 0 Å². The van der Waals surface area contributed by atoms with E-state index in [1.807, 2.05) is 6.92 Å². The zero-order chi connectivity index (χ0) is 9.84. The summed E-state index contributed by atoms with van der Waals surface area (Å²) < 4.78 is 0. The van der Waals surface area contributed by atoms with Crippen molar-refractivity contribution in [3.05, 3.63) is 0 Å². The van der Waals surface area contributed by atoms with E-state index in [4.69, 9.17) is 5.73 Å². The Hall–Kier alpha value is -0.120. The molecular weight excluding hydrogens is 164 g/mol. The summed E-state index contributed by atoms with van der Waals surface area (Å²) in [5.74, 6) is 1.36. The van der Waals surface area contributed by atoms with Crippen molar-refractivity contribution in [3.63, 3.8) is 0 Å². The molecule has 1 saturated heterocycles. The molecule has 1 heterocycles. The highest BCUT2D eigenvalue weighted by Crippen LogP contribution is 2.21. The monoisotopic (exact) mass is 186 g/mol. The number of likely N-dealkylation sites (tertiary alicyclic amines) is 1. The van der Waals surface area contributed by atoms with E-state index in [1.54, 1.807) is 0 Å². The minimum Gasteiger partial charge on any atom is -0.392 e. The average molecular weight is 186 g/mol. The molecule has 0 aromatic heterocycles. The van der Waals surface area contributed by atoms with E-state index >= 15 is 0 Å². The van der Waals surface area contributed by atoms with Gasteiger partial charge in [0.1, 0.15) is 0 Å². The first-order valence-electron chi connectivity index (χ1n) is 5.24. The van der Waals surface area contributed by atoms with Crippen molar-refractivity contribution in [2.45, 2.75) is 26.4 Å². The minimum atomic E-state index is -0.216. The van der Waals surface area contributed by atoms with Gasteiger partial charge < -0.3 is 15.7 Å². The lowest BCUT2D eigenvalue weighted by atomic mass is 9.87. The van der Waals surface area contributed by atoms with Crippen molar-refractivity contribution in [1.82, 2.24) is 4.90 Å². The van der Waals surface area contributed by atoms with Gasteiger partial charge in [0, 0.05) is 13.1 Å². The van der Waals surface area contributed by atoms with Crippen molar-refractivity contribution in [2.24, 2.45) is 17.6 Å². The molecule has 0 saturated carbocycles. The molecule has 78 valence electrons. The molecule has 0 radical (unpaired) electrons. The summed E-state index contributed by atoms with van der Waals surface area (Å²) in [4.78, 5) is 2.32. The largest absolute Gasteiger partial charge is 0.392 e. The summed E-state index contributed by atoms with van der Waals surface area (Å²) in [5, 5.41) is 9.26. The number of hydrogen-bond acceptors (Lipinski definition) is 3. The molecule has 0 bridgehead atoms. The van der Waals surface area contributed by atoms with Crippen LogP contribution in [0.25, 0.3) is 0 Å². The van der Waals surface area contributed by atoms with Gasteiger partial charge in [-0.15, -0.1) is 0 Å². The molecular formula is C10H22N2O. The van der Waals surface area contributed by atoms with E-state index in [0.717, 1.165) is 32.1 Å². The number of rotatable bonds is 3. The second-order valence-corrected chi connectivity index (χ2v) is 4.37. The first kappa shape index (κ1) is 11.0. The Morgan fingerprint density at radius 2 is 2.31 bits per heavy atom. The van der Waals surface area contributed by atoms with Gasteiger partial charge in [0.2, 0.25) is 0 Å². The number of aliphatic hydroxyl groups excluding tert-OH is 1. The van der Waals surface area contributed by atoms with Gasteiger partial charge >= 0.3 is 0 Å². The third-order valence-corrected chi connectivity index (χ3v) is 3.02. The quantitative estimate of drug-likeness (QED) is 0.666. The standard InChI is InChI=1S/C10H22N2O/c1-8-3-4-12(6-9(2)13)7-10(8)5-11/h8-10,13H,3-7,11H2,1-2H3. The molecule has 3 heteroatoms. The Labute approximate surface area is 80.9 Å². The SMILES string of the molecule is CC(O)CN1CCC(C)C(CN)C1. The van der Waals surface area contributed by atoms with Crippen LogP contribution in [0.4, 0.5) is 0 Å². The number of β-amino-alcohol motifs (C(OH)–C–C–N with tert-alkyl or cyclic N) is 1. The number of aliphatic hydroxyl groups is 1. The fraction of sp³-hybridized carbons (Fsp3) is 1.00. The summed E-state index contributed by atoms with van der Waals surface area (Å²) in [5.41, 5.74) is 5.70. The second kappa shape index (κ2) is 4.94. The van der Waals surface area contributed by atoms with Gasteiger partial charge in [-0.05, 0) is 38.3 Å². The molecule has 3 nitrogen and oxygen atoms in total. The summed E-state index contributed by atoms with van der Waals surface area (Å²) in [6.45, 7) is 7.86. The molecule has 1 aliphatic heterocycles. The van der Waals surface area contributed by atoms with Crippen molar-refractivity contribution >= 4 is 0 Å². The lowest BCUT2D eigenvalue weighted by Gasteiger charge is -2.37. The Morgan fingerprint density at radius 3 is 2.85 bits per heavy atom. The maximum Gasteiger partial charge on any atom is 0.0639 e.